The molecule has 1 aliphatic rings. The number of hydrogen-bond acceptors (Lipinski definition) is 2. The SMILES string of the molecule is Cc1c(C(=O)O)c2ccc(F)cc2n1[C@@H](C)C1CCOCC1. The van der Waals surface area contributed by atoms with E-state index in [0.29, 0.717) is 22.5 Å². The van der Waals surface area contributed by atoms with E-state index in [0.717, 1.165) is 26.1 Å². The standard InChI is InChI=1S/C17H20FNO3/c1-10(12-5-7-22-8-6-12)19-11(2)16(17(20)21)14-4-3-13(18)9-15(14)19/h3-4,9-10,12H,5-8H2,1-2H3,(H,20,21)/t10-/m0/s1. The molecular formula is C17H20FNO3. The molecule has 1 N–H and O–H groups in total. The van der Waals surface area contributed by atoms with E-state index >= 15 is 0 Å². The zero-order valence-corrected chi connectivity index (χ0v) is 12.8. The summed E-state index contributed by atoms with van der Waals surface area (Å²) in [4.78, 5) is 11.6. The van der Waals surface area contributed by atoms with Gasteiger partial charge in [0.25, 0.3) is 0 Å². The highest BCUT2D eigenvalue weighted by Gasteiger charge is 2.27. The molecule has 1 aromatic heterocycles. The Morgan fingerprint density at radius 1 is 1.41 bits per heavy atom. The summed E-state index contributed by atoms with van der Waals surface area (Å²) < 4.78 is 21.1. The molecule has 4 nitrogen and oxygen atoms in total. The molecule has 2 heterocycles. The highest BCUT2D eigenvalue weighted by atomic mass is 19.1. The van der Waals surface area contributed by atoms with E-state index in [2.05, 4.69) is 6.92 Å². The van der Waals surface area contributed by atoms with Crippen LogP contribution >= 0.6 is 0 Å². The van der Waals surface area contributed by atoms with Crippen molar-refractivity contribution < 1.29 is 19.0 Å². The van der Waals surface area contributed by atoms with E-state index in [1.807, 2.05) is 4.57 Å². The molecule has 0 radical (unpaired) electrons. The third-order valence-corrected chi connectivity index (χ3v) is 4.78. The van der Waals surface area contributed by atoms with Crippen molar-refractivity contribution >= 4 is 16.9 Å². The molecule has 22 heavy (non-hydrogen) atoms. The fraction of sp³-hybridized carbons (Fsp3) is 0.471. The van der Waals surface area contributed by atoms with Gasteiger partial charge in [-0.2, -0.15) is 0 Å². The highest BCUT2D eigenvalue weighted by Crippen LogP contribution is 2.35. The fourth-order valence-electron chi connectivity index (χ4n) is 3.62. The van der Waals surface area contributed by atoms with Crippen molar-refractivity contribution in [3.05, 3.63) is 35.3 Å². The zero-order chi connectivity index (χ0) is 15.9. The number of aromatic nitrogens is 1. The average Bonchev–Trinajstić information content (AvgIpc) is 2.78. The van der Waals surface area contributed by atoms with Gasteiger partial charge in [-0.1, -0.05) is 0 Å². The molecule has 0 saturated carbocycles. The molecule has 3 rings (SSSR count). The van der Waals surface area contributed by atoms with E-state index < -0.39 is 5.97 Å². The molecule has 1 fully saturated rings. The molecule has 1 atom stereocenters. The van der Waals surface area contributed by atoms with Crippen molar-refractivity contribution in [1.29, 1.82) is 0 Å². The fourth-order valence-corrected chi connectivity index (χ4v) is 3.62. The molecule has 0 amide bonds. The Morgan fingerprint density at radius 2 is 2.09 bits per heavy atom. The van der Waals surface area contributed by atoms with Gasteiger partial charge in [-0.15, -0.1) is 0 Å². The van der Waals surface area contributed by atoms with Gasteiger partial charge in [0.2, 0.25) is 0 Å². The predicted molar refractivity (Wildman–Crippen MR) is 81.8 cm³/mol. The van der Waals surface area contributed by atoms with E-state index in [1.165, 1.54) is 12.1 Å². The first kappa shape index (κ1) is 15.0. The van der Waals surface area contributed by atoms with Gasteiger partial charge >= 0.3 is 5.97 Å². The molecule has 0 bridgehead atoms. The van der Waals surface area contributed by atoms with Gasteiger partial charge in [-0.3, -0.25) is 0 Å². The molecule has 5 heteroatoms. The minimum Gasteiger partial charge on any atom is -0.478 e. The van der Waals surface area contributed by atoms with Crippen LogP contribution < -0.4 is 0 Å². The molecule has 0 aliphatic carbocycles. The summed E-state index contributed by atoms with van der Waals surface area (Å²) in [6.45, 7) is 5.34. The van der Waals surface area contributed by atoms with E-state index in [4.69, 9.17) is 4.74 Å². The Labute approximate surface area is 128 Å². The van der Waals surface area contributed by atoms with Crippen LogP contribution in [0.5, 0.6) is 0 Å². The Morgan fingerprint density at radius 3 is 2.73 bits per heavy atom. The van der Waals surface area contributed by atoms with Crippen LogP contribution in [0.1, 0.15) is 41.9 Å². The maximum atomic E-state index is 13.7. The lowest BCUT2D eigenvalue weighted by molar-refractivity contribution is 0.0515. The van der Waals surface area contributed by atoms with E-state index in [1.54, 1.807) is 13.0 Å². The second-order valence-electron chi connectivity index (χ2n) is 5.99. The summed E-state index contributed by atoms with van der Waals surface area (Å²) in [6, 6.07) is 4.43. The first-order valence-corrected chi connectivity index (χ1v) is 7.61. The van der Waals surface area contributed by atoms with Crippen molar-refractivity contribution in [2.75, 3.05) is 13.2 Å². The third kappa shape index (κ3) is 2.39. The lowest BCUT2D eigenvalue weighted by Crippen LogP contribution is -2.24. The second kappa shape index (κ2) is 5.72. The Hall–Kier alpha value is -1.88. The number of aromatic carboxylic acids is 1. The first-order valence-electron chi connectivity index (χ1n) is 7.61. The molecular weight excluding hydrogens is 285 g/mol. The largest absolute Gasteiger partial charge is 0.478 e. The number of hydrogen-bond donors (Lipinski definition) is 1. The molecule has 1 saturated heterocycles. The number of benzene rings is 1. The van der Waals surface area contributed by atoms with Gasteiger partial charge in [0.1, 0.15) is 5.82 Å². The monoisotopic (exact) mass is 305 g/mol. The van der Waals surface area contributed by atoms with Crippen LogP contribution in [-0.4, -0.2) is 28.9 Å². The number of nitrogens with zero attached hydrogens (tertiary/aromatic N) is 1. The van der Waals surface area contributed by atoms with Gasteiger partial charge in [0, 0.05) is 30.3 Å². The van der Waals surface area contributed by atoms with Crippen molar-refractivity contribution in [2.45, 2.75) is 32.7 Å². The van der Waals surface area contributed by atoms with Crippen LogP contribution in [0.15, 0.2) is 18.2 Å². The third-order valence-electron chi connectivity index (χ3n) is 4.78. The summed E-state index contributed by atoms with van der Waals surface area (Å²) in [6.07, 6.45) is 1.88. The van der Waals surface area contributed by atoms with Crippen molar-refractivity contribution in [2.24, 2.45) is 5.92 Å². The Kier molecular flexibility index (Phi) is 3.91. The number of carboxylic acid groups (broad SMARTS) is 1. The molecule has 0 spiro atoms. The quantitative estimate of drug-likeness (QED) is 0.939. The summed E-state index contributed by atoms with van der Waals surface area (Å²) in [5.41, 5.74) is 1.62. The summed E-state index contributed by atoms with van der Waals surface area (Å²) in [5, 5.41) is 10.1. The van der Waals surface area contributed by atoms with Crippen LogP contribution in [0.25, 0.3) is 10.9 Å². The summed E-state index contributed by atoms with van der Waals surface area (Å²) >= 11 is 0. The van der Waals surface area contributed by atoms with Crippen LogP contribution in [0, 0.1) is 18.7 Å². The number of halogens is 1. The van der Waals surface area contributed by atoms with Crippen LogP contribution in [0.3, 0.4) is 0 Å². The summed E-state index contributed by atoms with van der Waals surface area (Å²) in [5.74, 6) is -0.901. The molecule has 2 aromatic rings. The Bertz CT molecular complexity index is 716. The maximum absolute atomic E-state index is 13.7. The van der Waals surface area contributed by atoms with Gasteiger partial charge < -0.3 is 14.4 Å². The van der Waals surface area contributed by atoms with Crippen molar-refractivity contribution in [3.8, 4) is 0 Å². The minimum atomic E-state index is -0.966. The smallest absolute Gasteiger partial charge is 0.338 e. The average molecular weight is 305 g/mol. The lowest BCUT2D eigenvalue weighted by Gasteiger charge is -2.30. The van der Waals surface area contributed by atoms with Crippen molar-refractivity contribution in [1.82, 2.24) is 4.57 Å². The zero-order valence-electron chi connectivity index (χ0n) is 12.8. The number of carbonyl (C=O) groups is 1. The van der Waals surface area contributed by atoms with Crippen molar-refractivity contribution in [3.63, 3.8) is 0 Å². The molecule has 1 aromatic carbocycles. The van der Waals surface area contributed by atoms with E-state index in [9.17, 15) is 14.3 Å². The topological polar surface area (TPSA) is 51.5 Å². The minimum absolute atomic E-state index is 0.112. The second-order valence-corrected chi connectivity index (χ2v) is 5.99. The van der Waals surface area contributed by atoms with Gasteiger partial charge in [0.15, 0.2) is 0 Å². The number of fused-ring (bicyclic) bond motifs is 1. The molecule has 118 valence electrons. The van der Waals surface area contributed by atoms with Crippen LogP contribution in [0.4, 0.5) is 4.39 Å². The van der Waals surface area contributed by atoms with Crippen LogP contribution in [0.2, 0.25) is 0 Å². The van der Waals surface area contributed by atoms with Gasteiger partial charge in [-0.05, 0) is 50.8 Å². The highest BCUT2D eigenvalue weighted by molar-refractivity contribution is 6.05. The molecule has 0 unspecified atom stereocenters. The number of rotatable bonds is 3. The van der Waals surface area contributed by atoms with Crippen LogP contribution in [-0.2, 0) is 4.74 Å². The summed E-state index contributed by atoms with van der Waals surface area (Å²) in [7, 11) is 0. The molecule has 1 aliphatic heterocycles. The predicted octanol–water partition coefficient (Wildman–Crippen LogP) is 3.77. The number of ether oxygens (including phenoxy) is 1. The number of carboxylic acids is 1. The normalized spacial score (nSPS) is 17.8. The Balaban J connectivity index is 2.17. The van der Waals surface area contributed by atoms with E-state index in [-0.39, 0.29) is 17.4 Å². The van der Waals surface area contributed by atoms with Gasteiger partial charge in [-0.25, -0.2) is 9.18 Å². The first-order chi connectivity index (χ1) is 10.5. The maximum Gasteiger partial charge on any atom is 0.338 e. The van der Waals surface area contributed by atoms with Gasteiger partial charge in [0.05, 0.1) is 11.1 Å². The lowest BCUT2D eigenvalue weighted by atomic mass is 9.92.